The molecule has 0 aliphatic rings. The van der Waals surface area contributed by atoms with Crippen LogP contribution in [0.3, 0.4) is 0 Å². The molecule has 0 aliphatic heterocycles. The summed E-state index contributed by atoms with van der Waals surface area (Å²) < 4.78 is 1.03. The van der Waals surface area contributed by atoms with Gasteiger partial charge in [0.1, 0.15) is 11.6 Å². The van der Waals surface area contributed by atoms with E-state index in [4.69, 9.17) is 5.26 Å². The number of aryl methyl sites for hydroxylation is 1. The number of nitrogens with zero attached hydrogens (tertiary/aromatic N) is 2. The Labute approximate surface area is 129 Å². The van der Waals surface area contributed by atoms with Crippen LogP contribution < -0.4 is 5.56 Å². The van der Waals surface area contributed by atoms with Crippen molar-refractivity contribution in [2.45, 2.75) is 24.3 Å². The molecule has 0 amide bonds. The van der Waals surface area contributed by atoms with Crippen LogP contribution in [0.25, 0.3) is 0 Å². The molecule has 0 saturated heterocycles. The zero-order chi connectivity index (χ0) is 14.5. The fourth-order valence-electron chi connectivity index (χ4n) is 1.67. The number of aromatic nitrogens is 2. The Bertz CT molecular complexity index is 704. The van der Waals surface area contributed by atoms with Crippen molar-refractivity contribution < 1.29 is 0 Å². The molecule has 0 aliphatic carbocycles. The molecule has 0 unspecified atom stereocenters. The second-order valence-electron chi connectivity index (χ2n) is 4.07. The van der Waals surface area contributed by atoms with Gasteiger partial charge in [-0.25, -0.2) is 4.98 Å². The smallest absolute Gasteiger partial charge is 0.269 e. The summed E-state index contributed by atoms with van der Waals surface area (Å²) in [7, 11) is 0. The van der Waals surface area contributed by atoms with E-state index in [0.717, 1.165) is 10.0 Å². The van der Waals surface area contributed by atoms with Gasteiger partial charge in [-0.15, -0.1) is 0 Å². The minimum Gasteiger partial charge on any atom is -0.300 e. The van der Waals surface area contributed by atoms with Crippen LogP contribution in [0, 0.1) is 11.3 Å². The lowest BCUT2D eigenvalue weighted by atomic mass is 10.2. The minimum atomic E-state index is -0.363. The number of halogens is 1. The molecule has 1 aromatic carbocycles. The second-order valence-corrected chi connectivity index (χ2v) is 5.95. The first-order valence-corrected chi connectivity index (χ1v) is 7.82. The SMILES string of the molecule is CCc1nc(SCc2ccc(Br)cc2)[nH]c(=O)c1C#N. The number of thioether (sulfide) groups is 1. The summed E-state index contributed by atoms with van der Waals surface area (Å²) in [6.45, 7) is 1.88. The zero-order valence-corrected chi connectivity index (χ0v) is 13.2. The van der Waals surface area contributed by atoms with Gasteiger partial charge in [0.05, 0.1) is 5.69 Å². The summed E-state index contributed by atoms with van der Waals surface area (Å²) in [5.41, 5.74) is 1.44. The van der Waals surface area contributed by atoms with Crippen LogP contribution in [0.4, 0.5) is 0 Å². The highest BCUT2D eigenvalue weighted by Crippen LogP contribution is 2.20. The third-order valence-electron chi connectivity index (χ3n) is 2.71. The molecule has 0 fully saturated rings. The molecule has 2 rings (SSSR count). The number of nitrogens with one attached hydrogen (secondary N) is 1. The summed E-state index contributed by atoms with van der Waals surface area (Å²) in [4.78, 5) is 18.7. The van der Waals surface area contributed by atoms with Gasteiger partial charge in [-0.1, -0.05) is 46.7 Å². The first kappa shape index (κ1) is 14.8. The van der Waals surface area contributed by atoms with E-state index in [9.17, 15) is 4.79 Å². The van der Waals surface area contributed by atoms with Crippen molar-refractivity contribution in [1.82, 2.24) is 9.97 Å². The number of rotatable bonds is 4. The standard InChI is InChI=1S/C14H12BrN3OS/c1-2-12-11(7-16)13(19)18-14(17-12)20-8-9-3-5-10(15)6-4-9/h3-6H,2,8H2,1H3,(H,17,18,19). The first-order valence-electron chi connectivity index (χ1n) is 6.04. The van der Waals surface area contributed by atoms with Crippen molar-refractivity contribution in [2.75, 3.05) is 0 Å². The number of H-pyrrole nitrogens is 1. The van der Waals surface area contributed by atoms with Crippen molar-refractivity contribution in [3.05, 3.63) is 55.9 Å². The number of aromatic amines is 1. The molecule has 0 spiro atoms. The van der Waals surface area contributed by atoms with Crippen molar-refractivity contribution in [1.29, 1.82) is 5.26 Å². The molecular formula is C14H12BrN3OS. The number of hydrogen-bond donors (Lipinski definition) is 1. The lowest BCUT2D eigenvalue weighted by molar-refractivity contribution is 0.859. The van der Waals surface area contributed by atoms with Crippen LogP contribution in [0.5, 0.6) is 0 Å². The molecule has 0 bridgehead atoms. The van der Waals surface area contributed by atoms with Gasteiger partial charge in [-0.2, -0.15) is 5.26 Å². The zero-order valence-electron chi connectivity index (χ0n) is 10.8. The molecule has 6 heteroatoms. The van der Waals surface area contributed by atoms with Gasteiger partial charge in [-0.05, 0) is 24.1 Å². The predicted molar refractivity (Wildman–Crippen MR) is 82.7 cm³/mol. The molecule has 1 aromatic heterocycles. The molecular weight excluding hydrogens is 338 g/mol. The molecule has 20 heavy (non-hydrogen) atoms. The molecule has 0 radical (unpaired) electrons. The van der Waals surface area contributed by atoms with Crippen molar-refractivity contribution in [2.24, 2.45) is 0 Å². The first-order chi connectivity index (χ1) is 9.63. The fourth-order valence-corrected chi connectivity index (χ4v) is 2.77. The van der Waals surface area contributed by atoms with Crippen LogP contribution in [0.1, 0.15) is 23.7 Å². The highest BCUT2D eigenvalue weighted by atomic mass is 79.9. The van der Waals surface area contributed by atoms with E-state index in [0.29, 0.717) is 23.0 Å². The number of benzene rings is 1. The Morgan fingerprint density at radius 1 is 1.40 bits per heavy atom. The Morgan fingerprint density at radius 2 is 2.10 bits per heavy atom. The lowest BCUT2D eigenvalue weighted by Gasteiger charge is -2.04. The van der Waals surface area contributed by atoms with Gasteiger partial charge in [0.2, 0.25) is 0 Å². The van der Waals surface area contributed by atoms with Crippen LogP contribution in [0.2, 0.25) is 0 Å². The quantitative estimate of drug-likeness (QED) is 0.679. The third kappa shape index (κ3) is 3.50. The third-order valence-corrected chi connectivity index (χ3v) is 4.18. The maximum absolute atomic E-state index is 11.8. The largest absolute Gasteiger partial charge is 0.300 e. The van der Waals surface area contributed by atoms with Crippen LogP contribution in [-0.4, -0.2) is 9.97 Å². The van der Waals surface area contributed by atoms with Crippen molar-refractivity contribution in [3.8, 4) is 6.07 Å². The van der Waals surface area contributed by atoms with E-state index in [1.165, 1.54) is 11.8 Å². The maximum Gasteiger partial charge on any atom is 0.269 e. The van der Waals surface area contributed by atoms with Crippen molar-refractivity contribution in [3.63, 3.8) is 0 Å². The molecule has 2 aromatic rings. The molecule has 1 heterocycles. The highest BCUT2D eigenvalue weighted by Gasteiger charge is 2.09. The Morgan fingerprint density at radius 3 is 2.70 bits per heavy atom. The van der Waals surface area contributed by atoms with Gasteiger partial charge in [0.15, 0.2) is 5.16 Å². The molecule has 1 N–H and O–H groups in total. The maximum atomic E-state index is 11.8. The van der Waals surface area contributed by atoms with Crippen molar-refractivity contribution >= 4 is 27.7 Å². The average Bonchev–Trinajstić information content (AvgIpc) is 2.46. The van der Waals surface area contributed by atoms with Gasteiger partial charge < -0.3 is 4.98 Å². The normalized spacial score (nSPS) is 10.2. The van der Waals surface area contributed by atoms with E-state index >= 15 is 0 Å². The Balaban J connectivity index is 2.18. The summed E-state index contributed by atoms with van der Waals surface area (Å²) in [5.74, 6) is 0.714. The summed E-state index contributed by atoms with van der Waals surface area (Å²) in [5, 5.41) is 9.48. The Kier molecular flexibility index (Phi) is 4.99. The van der Waals surface area contributed by atoms with Gasteiger partial charge in [0, 0.05) is 10.2 Å². The van der Waals surface area contributed by atoms with E-state index in [-0.39, 0.29) is 11.1 Å². The summed E-state index contributed by atoms with van der Waals surface area (Å²) in [6.07, 6.45) is 0.568. The second kappa shape index (κ2) is 6.73. The van der Waals surface area contributed by atoms with E-state index < -0.39 is 0 Å². The molecule has 0 saturated carbocycles. The van der Waals surface area contributed by atoms with Gasteiger partial charge in [0.25, 0.3) is 5.56 Å². The molecule has 0 atom stereocenters. The fraction of sp³-hybridized carbons (Fsp3) is 0.214. The van der Waals surface area contributed by atoms with E-state index in [1.54, 1.807) is 0 Å². The van der Waals surface area contributed by atoms with Gasteiger partial charge >= 0.3 is 0 Å². The van der Waals surface area contributed by atoms with E-state index in [2.05, 4.69) is 25.9 Å². The highest BCUT2D eigenvalue weighted by molar-refractivity contribution is 9.10. The monoisotopic (exact) mass is 349 g/mol. The summed E-state index contributed by atoms with van der Waals surface area (Å²) >= 11 is 4.84. The number of hydrogen-bond acceptors (Lipinski definition) is 4. The van der Waals surface area contributed by atoms with E-state index in [1.807, 2.05) is 37.3 Å². The molecule has 102 valence electrons. The topological polar surface area (TPSA) is 69.5 Å². The van der Waals surface area contributed by atoms with Gasteiger partial charge in [-0.3, -0.25) is 4.79 Å². The average molecular weight is 350 g/mol. The number of nitriles is 1. The Hall–Kier alpha value is -1.58. The lowest BCUT2D eigenvalue weighted by Crippen LogP contribution is -2.16. The van der Waals surface area contributed by atoms with Crippen LogP contribution >= 0.6 is 27.7 Å². The molecule has 4 nitrogen and oxygen atoms in total. The minimum absolute atomic E-state index is 0.112. The predicted octanol–water partition coefficient (Wildman–Crippen LogP) is 3.26. The summed E-state index contributed by atoms with van der Waals surface area (Å²) in [6, 6.07) is 9.88. The van der Waals surface area contributed by atoms with Crippen LogP contribution in [0.15, 0.2) is 38.7 Å². The van der Waals surface area contributed by atoms with Crippen LogP contribution in [-0.2, 0) is 12.2 Å².